The standard InChI is InChI=1S/C15H22N2O4/c1-3-13-12(5-11-21-13)15(19)17-9-7-16(8-10-17)6-4-14(18)20-2/h5,11H,3-4,6-10H2,1-2H3. The van der Waals surface area contributed by atoms with Gasteiger partial charge < -0.3 is 14.1 Å². The van der Waals surface area contributed by atoms with Gasteiger partial charge in [0.05, 0.1) is 25.4 Å². The second-order valence-corrected chi connectivity index (χ2v) is 5.07. The maximum atomic E-state index is 12.4. The van der Waals surface area contributed by atoms with E-state index in [-0.39, 0.29) is 11.9 Å². The number of nitrogens with zero attached hydrogens (tertiary/aromatic N) is 2. The lowest BCUT2D eigenvalue weighted by Gasteiger charge is -2.34. The van der Waals surface area contributed by atoms with Gasteiger partial charge in [-0.3, -0.25) is 14.5 Å². The fraction of sp³-hybridized carbons (Fsp3) is 0.600. The first-order chi connectivity index (χ1) is 10.2. The number of hydrogen-bond acceptors (Lipinski definition) is 5. The van der Waals surface area contributed by atoms with Gasteiger partial charge in [0.2, 0.25) is 0 Å². The highest BCUT2D eigenvalue weighted by Gasteiger charge is 2.24. The molecule has 21 heavy (non-hydrogen) atoms. The summed E-state index contributed by atoms with van der Waals surface area (Å²) < 4.78 is 9.95. The first-order valence-corrected chi connectivity index (χ1v) is 7.30. The summed E-state index contributed by atoms with van der Waals surface area (Å²) in [6.45, 7) is 5.56. The van der Waals surface area contributed by atoms with E-state index in [4.69, 9.17) is 4.42 Å². The van der Waals surface area contributed by atoms with E-state index in [1.807, 2.05) is 11.8 Å². The number of ether oxygens (including phenoxy) is 1. The van der Waals surface area contributed by atoms with Gasteiger partial charge >= 0.3 is 5.97 Å². The highest BCUT2D eigenvalue weighted by molar-refractivity contribution is 5.95. The molecule has 0 spiro atoms. The van der Waals surface area contributed by atoms with Crippen molar-refractivity contribution < 1.29 is 18.7 Å². The van der Waals surface area contributed by atoms with Crippen LogP contribution in [-0.4, -0.2) is 61.5 Å². The Morgan fingerprint density at radius 3 is 2.62 bits per heavy atom. The van der Waals surface area contributed by atoms with Crippen LogP contribution in [0.1, 0.15) is 29.5 Å². The van der Waals surface area contributed by atoms with Gasteiger partial charge in [-0.25, -0.2) is 0 Å². The van der Waals surface area contributed by atoms with Crippen molar-refractivity contribution in [1.29, 1.82) is 0 Å². The van der Waals surface area contributed by atoms with Crippen LogP contribution in [0.25, 0.3) is 0 Å². The normalized spacial score (nSPS) is 16.0. The molecule has 1 aromatic rings. The number of hydrogen-bond donors (Lipinski definition) is 0. The highest BCUT2D eigenvalue weighted by atomic mass is 16.5. The van der Waals surface area contributed by atoms with Gasteiger partial charge in [-0.2, -0.15) is 0 Å². The number of carbonyl (C=O) groups excluding carboxylic acids is 2. The van der Waals surface area contributed by atoms with E-state index in [0.717, 1.165) is 18.8 Å². The zero-order valence-corrected chi connectivity index (χ0v) is 12.6. The van der Waals surface area contributed by atoms with Crippen LogP contribution in [-0.2, 0) is 16.0 Å². The lowest BCUT2D eigenvalue weighted by Crippen LogP contribution is -2.49. The van der Waals surface area contributed by atoms with Crippen molar-refractivity contribution in [2.45, 2.75) is 19.8 Å². The second kappa shape index (κ2) is 7.26. The van der Waals surface area contributed by atoms with Crippen LogP contribution in [0.4, 0.5) is 0 Å². The Morgan fingerprint density at radius 2 is 2.00 bits per heavy atom. The van der Waals surface area contributed by atoms with Gasteiger partial charge in [0, 0.05) is 39.1 Å². The Balaban J connectivity index is 1.83. The zero-order valence-electron chi connectivity index (χ0n) is 12.6. The summed E-state index contributed by atoms with van der Waals surface area (Å²) in [4.78, 5) is 27.6. The molecule has 0 unspecified atom stereocenters. The molecule has 2 rings (SSSR count). The Morgan fingerprint density at radius 1 is 1.29 bits per heavy atom. The largest absolute Gasteiger partial charge is 0.469 e. The van der Waals surface area contributed by atoms with Crippen molar-refractivity contribution in [2.75, 3.05) is 39.8 Å². The number of piperazine rings is 1. The van der Waals surface area contributed by atoms with Crippen LogP contribution in [0.5, 0.6) is 0 Å². The summed E-state index contributed by atoms with van der Waals surface area (Å²) >= 11 is 0. The number of rotatable bonds is 5. The van der Waals surface area contributed by atoms with Crippen LogP contribution in [0, 0.1) is 0 Å². The SMILES string of the molecule is CCc1occc1C(=O)N1CCN(CCC(=O)OC)CC1. The monoisotopic (exact) mass is 294 g/mol. The summed E-state index contributed by atoms with van der Waals surface area (Å²) in [5, 5.41) is 0. The first-order valence-electron chi connectivity index (χ1n) is 7.30. The molecule has 0 atom stereocenters. The van der Waals surface area contributed by atoms with Crippen LogP contribution in [0.3, 0.4) is 0 Å². The molecule has 6 heteroatoms. The number of carbonyl (C=O) groups is 2. The van der Waals surface area contributed by atoms with Gasteiger partial charge in [0.1, 0.15) is 5.76 Å². The minimum atomic E-state index is -0.195. The highest BCUT2D eigenvalue weighted by Crippen LogP contribution is 2.15. The van der Waals surface area contributed by atoms with Gasteiger partial charge in [-0.15, -0.1) is 0 Å². The Bertz CT molecular complexity index is 490. The van der Waals surface area contributed by atoms with Gasteiger partial charge in [0.15, 0.2) is 0 Å². The van der Waals surface area contributed by atoms with Crippen molar-refractivity contribution in [2.24, 2.45) is 0 Å². The smallest absolute Gasteiger partial charge is 0.306 e. The van der Waals surface area contributed by atoms with E-state index in [9.17, 15) is 9.59 Å². The maximum Gasteiger partial charge on any atom is 0.306 e. The number of aryl methyl sites for hydroxylation is 1. The summed E-state index contributed by atoms with van der Waals surface area (Å²) in [6, 6.07) is 1.74. The minimum Gasteiger partial charge on any atom is -0.469 e. The second-order valence-electron chi connectivity index (χ2n) is 5.07. The molecule has 0 saturated carbocycles. The molecule has 1 aliphatic heterocycles. The zero-order chi connectivity index (χ0) is 15.2. The molecule has 1 fully saturated rings. The molecule has 1 amide bonds. The topological polar surface area (TPSA) is 63.0 Å². The quantitative estimate of drug-likeness (QED) is 0.763. The fourth-order valence-corrected chi connectivity index (χ4v) is 2.50. The molecular formula is C15H22N2O4. The molecule has 0 radical (unpaired) electrons. The van der Waals surface area contributed by atoms with Crippen molar-refractivity contribution in [3.8, 4) is 0 Å². The van der Waals surface area contributed by atoms with Crippen LogP contribution in [0.2, 0.25) is 0 Å². The number of esters is 1. The third-order valence-corrected chi connectivity index (χ3v) is 3.82. The summed E-state index contributed by atoms with van der Waals surface area (Å²) in [7, 11) is 1.40. The third-order valence-electron chi connectivity index (χ3n) is 3.82. The minimum absolute atomic E-state index is 0.0354. The summed E-state index contributed by atoms with van der Waals surface area (Å²) in [5.74, 6) is 0.584. The van der Waals surface area contributed by atoms with Crippen LogP contribution in [0.15, 0.2) is 16.7 Å². The molecule has 1 aromatic heterocycles. The van der Waals surface area contributed by atoms with Crippen LogP contribution < -0.4 is 0 Å². The van der Waals surface area contributed by atoms with E-state index in [1.54, 1.807) is 12.3 Å². The molecule has 116 valence electrons. The lowest BCUT2D eigenvalue weighted by molar-refractivity contribution is -0.141. The Hall–Kier alpha value is -1.82. The van der Waals surface area contributed by atoms with Gasteiger partial charge in [-0.1, -0.05) is 6.92 Å². The molecule has 0 N–H and O–H groups in total. The van der Waals surface area contributed by atoms with Crippen molar-refractivity contribution in [1.82, 2.24) is 9.80 Å². The van der Waals surface area contributed by atoms with Crippen molar-refractivity contribution in [3.05, 3.63) is 23.7 Å². The molecule has 0 aliphatic carbocycles. The fourth-order valence-electron chi connectivity index (χ4n) is 2.50. The molecule has 6 nitrogen and oxygen atoms in total. The Kier molecular flexibility index (Phi) is 5.38. The number of methoxy groups -OCH3 is 1. The number of amides is 1. The summed E-state index contributed by atoms with van der Waals surface area (Å²) in [5.41, 5.74) is 0.667. The van der Waals surface area contributed by atoms with E-state index < -0.39 is 0 Å². The average Bonchev–Trinajstić information content (AvgIpc) is 3.00. The molecule has 1 aliphatic rings. The van der Waals surface area contributed by atoms with E-state index >= 15 is 0 Å². The Labute approximate surface area is 124 Å². The predicted molar refractivity (Wildman–Crippen MR) is 77.1 cm³/mol. The molecule has 1 saturated heterocycles. The van der Waals surface area contributed by atoms with Crippen molar-refractivity contribution >= 4 is 11.9 Å². The maximum absolute atomic E-state index is 12.4. The van der Waals surface area contributed by atoms with Crippen LogP contribution >= 0.6 is 0 Å². The first kappa shape index (κ1) is 15.6. The number of furan rings is 1. The molecular weight excluding hydrogens is 272 g/mol. The van der Waals surface area contributed by atoms with E-state index in [2.05, 4.69) is 9.64 Å². The van der Waals surface area contributed by atoms with Crippen molar-refractivity contribution in [3.63, 3.8) is 0 Å². The molecule has 2 heterocycles. The predicted octanol–water partition coefficient (Wildman–Crippen LogP) is 1.16. The molecule has 0 bridgehead atoms. The average molecular weight is 294 g/mol. The van der Waals surface area contributed by atoms with E-state index in [1.165, 1.54) is 7.11 Å². The van der Waals surface area contributed by atoms with Gasteiger partial charge in [-0.05, 0) is 6.07 Å². The van der Waals surface area contributed by atoms with Gasteiger partial charge in [0.25, 0.3) is 5.91 Å². The lowest BCUT2D eigenvalue weighted by atomic mass is 10.1. The summed E-state index contributed by atoms with van der Waals surface area (Å²) in [6.07, 6.45) is 2.68. The molecule has 0 aromatic carbocycles. The van der Waals surface area contributed by atoms with E-state index in [0.29, 0.717) is 38.0 Å². The third kappa shape index (κ3) is 3.85.